The fourth-order valence-electron chi connectivity index (χ4n) is 2.24. The van der Waals surface area contributed by atoms with Crippen molar-refractivity contribution in [2.45, 2.75) is 25.1 Å². The summed E-state index contributed by atoms with van der Waals surface area (Å²) in [5, 5.41) is 9.58. The molecular formula is C13H13BrF3NO2. The van der Waals surface area contributed by atoms with Gasteiger partial charge in [-0.1, -0.05) is 15.9 Å². The monoisotopic (exact) mass is 351 g/mol. The first-order chi connectivity index (χ1) is 9.14. The van der Waals surface area contributed by atoms with Crippen LogP contribution in [0.1, 0.15) is 22.3 Å². The fourth-order valence-corrected chi connectivity index (χ4v) is 2.71. The Hall–Kier alpha value is -1.08. The molecular weight excluding hydrogens is 339 g/mol. The summed E-state index contributed by atoms with van der Waals surface area (Å²) in [6.07, 6.45) is -5.21. The summed E-state index contributed by atoms with van der Waals surface area (Å²) in [5.41, 5.74) is -1.78. The number of hydrogen-bond acceptors (Lipinski definition) is 2. The molecule has 2 rings (SSSR count). The van der Waals surface area contributed by atoms with Crippen molar-refractivity contribution in [3.05, 3.63) is 33.8 Å². The number of benzene rings is 1. The molecule has 1 amide bonds. The van der Waals surface area contributed by atoms with E-state index in [9.17, 15) is 23.1 Å². The third-order valence-electron chi connectivity index (χ3n) is 3.48. The van der Waals surface area contributed by atoms with Crippen LogP contribution in [-0.4, -0.2) is 40.8 Å². The molecule has 1 aliphatic heterocycles. The molecule has 0 aromatic heterocycles. The smallest absolute Gasteiger partial charge is 0.379 e. The van der Waals surface area contributed by atoms with Crippen LogP contribution in [0.3, 0.4) is 0 Å². The topological polar surface area (TPSA) is 40.5 Å². The molecule has 0 aliphatic carbocycles. The molecule has 1 heterocycles. The van der Waals surface area contributed by atoms with Crippen LogP contribution in [0.15, 0.2) is 22.7 Å². The highest BCUT2D eigenvalue weighted by Gasteiger charge is 2.57. The SMILES string of the molecule is Cc1cc(Br)ccc1C(=O)N1CC[C@](O)(C(F)(F)F)C1. The lowest BCUT2D eigenvalue weighted by atomic mass is 10.0. The number of likely N-dealkylation sites (tertiary alicyclic amines) is 1. The highest BCUT2D eigenvalue weighted by atomic mass is 79.9. The molecule has 0 saturated carbocycles. The largest absolute Gasteiger partial charge is 0.419 e. The molecule has 1 aromatic carbocycles. The van der Waals surface area contributed by atoms with Crippen LogP contribution in [0, 0.1) is 6.92 Å². The van der Waals surface area contributed by atoms with Crippen LogP contribution < -0.4 is 0 Å². The second kappa shape index (κ2) is 5.04. The summed E-state index contributed by atoms with van der Waals surface area (Å²) >= 11 is 3.26. The van der Waals surface area contributed by atoms with E-state index >= 15 is 0 Å². The normalized spacial score (nSPS) is 23.2. The average Bonchev–Trinajstić information content (AvgIpc) is 2.72. The van der Waals surface area contributed by atoms with Gasteiger partial charge in [0.15, 0.2) is 5.60 Å². The number of rotatable bonds is 1. The van der Waals surface area contributed by atoms with Gasteiger partial charge in [-0.2, -0.15) is 13.2 Å². The van der Waals surface area contributed by atoms with Crippen LogP contribution >= 0.6 is 15.9 Å². The van der Waals surface area contributed by atoms with Crippen LogP contribution in [0.25, 0.3) is 0 Å². The van der Waals surface area contributed by atoms with Gasteiger partial charge in [0, 0.05) is 23.0 Å². The first-order valence-electron chi connectivity index (χ1n) is 5.98. The number of aryl methyl sites for hydroxylation is 1. The molecule has 0 bridgehead atoms. The molecule has 1 fully saturated rings. The summed E-state index contributed by atoms with van der Waals surface area (Å²) < 4.78 is 39.0. The Bertz CT molecular complexity index is 547. The quantitative estimate of drug-likeness (QED) is 0.845. The van der Waals surface area contributed by atoms with Crippen LogP contribution in [0.5, 0.6) is 0 Å². The summed E-state index contributed by atoms with van der Waals surface area (Å²) in [6, 6.07) is 4.94. The van der Waals surface area contributed by atoms with Gasteiger partial charge >= 0.3 is 6.18 Å². The molecule has 0 unspecified atom stereocenters. The average molecular weight is 352 g/mol. The van der Waals surface area contributed by atoms with E-state index in [0.29, 0.717) is 11.1 Å². The van der Waals surface area contributed by atoms with Gasteiger partial charge < -0.3 is 10.0 Å². The number of β-amino-alcohol motifs (C(OH)–C–C–N with tert-alkyl or cyclic N) is 1. The van der Waals surface area contributed by atoms with E-state index in [1.807, 2.05) is 0 Å². The number of hydrogen-bond donors (Lipinski definition) is 1. The summed E-state index contributed by atoms with van der Waals surface area (Å²) in [6.45, 7) is 0.888. The lowest BCUT2D eigenvalue weighted by Gasteiger charge is -2.26. The Kier molecular flexibility index (Phi) is 3.85. The van der Waals surface area contributed by atoms with Gasteiger partial charge in [-0.25, -0.2) is 0 Å². The third-order valence-corrected chi connectivity index (χ3v) is 3.97. The van der Waals surface area contributed by atoms with Crippen molar-refractivity contribution in [1.82, 2.24) is 4.90 Å². The Morgan fingerprint density at radius 1 is 1.45 bits per heavy atom. The van der Waals surface area contributed by atoms with Crippen molar-refractivity contribution in [3.8, 4) is 0 Å². The third kappa shape index (κ3) is 2.69. The molecule has 20 heavy (non-hydrogen) atoms. The van der Waals surface area contributed by atoms with Crippen LogP contribution in [0.2, 0.25) is 0 Å². The van der Waals surface area contributed by atoms with Crippen molar-refractivity contribution >= 4 is 21.8 Å². The number of nitrogens with zero attached hydrogens (tertiary/aromatic N) is 1. The minimum Gasteiger partial charge on any atom is -0.379 e. The van der Waals surface area contributed by atoms with E-state index in [-0.39, 0.29) is 6.54 Å². The van der Waals surface area contributed by atoms with Crippen LogP contribution in [-0.2, 0) is 0 Å². The lowest BCUT2D eigenvalue weighted by Crippen LogP contribution is -2.48. The predicted molar refractivity (Wildman–Crippen MR) is 70.4 cm³/mol. The zero-order valence-corrected chi connectivity index (χ0v) is 12.3. The van der Waals surface area contributed by atoms with Gasteiger partial charge in [0.1, 0.15) is 0 Å². The molecule has 0 radical (unpaired) electrons. The van der Waals surface area contributed by atoms with Gasteiger partial charge in [0.05, 0.1) is 6.54 Å². The summed E-state index contributed by atoms with van der Waals surface area (Å²) in [7, 11) is 0. The zero-order chi connectivity index (χ0) is 15.1. The number of carbonyl (C=O) groups excluding carboxylic acids is 1. The van der Waals surface area contributed by atoms with E-state index in [4.69, 9.17) is 0 Å². The molecule has 110 valence electrons. The molecule has 1 saturated heterocycles. The van der Waals surface area contributed by atoms with E-state index < -0.39 is 30.7 Å². The maximum absolute atomic E-state index is 12.7. The van der Waals surface area contributed by atoms with Crippen molar-refractivity contribution in [2.75, 3.05) is 13.1 Å². The zero-order valence-electron chi connectivity index (χ0n) is 10.7. The van der Waals surface area contributed by atoms with E-state index in [1.54, 1.807) is 25.1 Å². The van der Waals surface area contributed by atoms with E-state index in [2.05, 4.69) is 15.9 Å². The number of alkyl halides is 3. The molecule has 7 heteroatoms. The molecule has 1 N–H and O–H groups in total. The summed E-state index contributed by atoms with van der Waals surface area (Å²) in [5.74, 6) is -0.491. The van der Waals surface area contributed by atoms with Gasteiger partial charge in [0.25, 0.3) is 5.91 Å². The maximum atomic E-state index is 12.7. The Balaban J connectivity index is 2.20. The lowest BCUT2D eigenvalue weighted by molar-refractivity contribution is -0.253. The van der Waals surface area contributed by atoms with Gasteiger partial charge in [-0.05, 0) is 30.7 Å². The van der Waals surface area contributed by atoms with Crippen LogP contribution in [0.4, 0.5) is 13.2 Å². The summed E-state index contributed by atoms with van der Waals surface area (Å²) in [4.78, 5) is 13.3. The molecule has 1 aliphatic rings. The molecule has 0 spiro atoms. The Morgan fingerprint density at radius 2 is 2.10 bits per heavy atom. The molecule has 3 nitrogen and oxygen atoms in total. The van der Waals surface area contributed by atoms with Crippen molar-refractivity contribution < 1.29 is 23.1 Å². The number of halogens is 4. The fraction of sp³-hybridized carbons (Fsp3) is 0.462. The highest BCUT2D eigenvalue weighted by Crippen LogP contribution is 2.38. The molecule has 1 aromatic rings. The predicted octanol–water partition coefficient (Wildman–Crippen LogP) is 2.90. The number of aliphatic hydroxyl groups is 1. The number of amides is 1. The highest BCUT2D eigenvalue weighted by molar-refractivity contribution is 9.10. The van der Waals surface area contributed by atoms with E-state index in [1.165, 1.54) is 0 Å². The Labute approximate surface area is 122 Å². The van der Waals surface area contributed by atoms with Crippen molar-refractivity contribution in [2.24, 2.45) is 0 Å². The minimum absolute atomic E-state index is 0.107. The Morgan fingerprint density at radius 3 is 2.60 bits per heavy atom. The minimum atomic E-state index is -4.73. The van der Waals surface area contributed by atoms with Gasteiger partial charge in [0.2, 0.25) is 0 Å². The first-order valence-corrected chi connectivity index (χ1v) is 6.78. The maximum Gasteiger partial charge on any atom is 0.419 e. The van der Waals surface area contributed by atoms with Gasteiger partial charge in [-0.15, -0.1) is 0 Å². The second-order valence-electron chi connectivity index (χ2n) is 4.97. The first kappa shape index (κ1) is 15.3. The second-order valence-corrected chi connectivity index (χ2v) is 5.88. The standard InChI is InChI=1S/C13H13BrF3NO2/c1-8-6-9(14)2-3-10(8)11(19)18-5-4-12(20,7-18)13(15,16)17/h2-3,6,20H,4-5,7H2,1H3/t12-/m1/s1. The van der Waals surface area contributed by atoms with Crippen molar-refractivity contribution in [1.29, 1.82) is 0 Å². The molecule has 1 atom stereocenters. The van der Waals surface area contributed by atoms with Crippen molar-refractivity contribution in [3.63, 3.8) is 0 Å². The van der Waals surface area contributed by atoms with Gasteiger partial charge in [-0.3, -0.25) is 4.79 Å². The number of carbonyl (C=O) groups is 1. The van der Waals surface area contributed by atoms with E-state index in [0.717, 1.165) is 9.37 Å².